The minimum Gasteiger partial charge on any atom is -0.348 e. The fourth-order valence-electron chi connectivity index (χ4n) is 4.40. The lowest BCUT2D eigenvalue weighted by Gasteiger charge is -2.40. The first-order valence-corrected chi connectivity index (χ1v) is 11.2. The summed E-state index contributed by atoms with van der Waals surface area (Å²) in [6.07, 6.45) is 0. The van der Waals surface area contributed by atoms with Crippen molar-refractivity contribution in [1.82, 2.24) is 15.1 Å². The standard InChI is InChI=1S/C26H22ClFN4O/c1-17-16-31(26(33)18-7-3-2-4-8-18)13-14-32(17)25-21-10-6-5-9-20(21)24(29-30-25)22-12-11-19(27)15-23(22)28/h2-12,15,17H,13-14,16H2,1H3/t17-/m1/s1. The normalized spacial score (nSPS) is 16.3. The Hall–Kier alpha value is -3.51. The number of anilines is 1. The van der Waals surface area contributed by atoms with Gasteiger partial charge in [0.2, 0.25) is 0 Å². The van der Waals surface area contributed by atoms with Gasteiger partial charge in [-0.2, -0.15) is 0 Å². The topological polar surface area (TPSA) is 49.3 Å². The first-order valence-electron chi connectivity index (χ1n) is 10.8. The number of hydrogen-bond acceptors (Lipinski definition) is 4. The Labute approximate surface area is 196 Å². The van der Waals surface area contributed by atoms with Crippen LogP contribution in [0.5, 0.6) is 0 Å². The lowest BCUT2D eigenvalue weighted by molar-refractivity contribution is 0.0726. The molecule has 5 nitrogen and oxygen atoms in total. The first kappa shape index (κ1) is 21.3. The molecule has 5 rings (SSSR count). The second-order valence-corrected chi connectivity index (χ2v) is 8.64. The van der Waals surface area contributed by atoms with E-state index >= 15 is 0 Å². The number of carbonyl (C=O) groups excluding carboxylic acids is 1. The SMILES string of the molecule is C[C@@H]1CN(C(=O)c2ccccc2)CCN1c1nnc(-c2ccc(Cl)cc2F)c2ccccc12. The Morgan fingerprint density at radius 3 is 2.42 bits per heavy atom. The predicted molar refractivity (Wildman–Crippen MR) is 129 cm³/mol. The number of rotatable bonds is 3. The van der Waals surface area contributed by atoms with Crippen molar-refractivity contribution >= 4 is 34.1 Å². The molecule has 33 heavy (non-hydrogen) atoms. The maximum atomic E-state index is 14.6. The van der Waals surface area contributed by atoms with Gasteiger partial charge in [0.25, 0.3) is 5.91 Å². The van der Waals surface area contributed by atoms with E-state index in [0.717, 1.165) is 16.6 Å². The maximum Gasteiger partial charge on any atom is 0.253 e. The molecule has 4 aromatic rings. The van der Waals surface area contributed by atoms with Crippen LogP contribution < -0.4 is 4.90 Å². The van der Waals surface area contributed by atoms with Crippen LogP contribution in [0.1, 0.15) is 17.3 Å². The van der Waals surface area contributed by atoms with E-state index in [2.05, 4.69) is 22.0 Å². The third kappa shape index (κ3) is 4.02. The Kier molecular flexibility index (Phi) is 5.68. The number of aromatic nitrogens is 2. The van der Waals surface area contributed by atoms with Gasteiger partial charge >= 0.3 is 0 Å². The lowest BCUT2D eigenvalue weighted by atomic mass is 10.0. The summed E-state index contributed by atoms with van der Waals surface area (Å²) >= 11 is 5.93. The molecular weight excluding hydrogens is 439 g/mol. The summed E-state index contributed by atoms with van der Waals surface area (Å²) in [6, 6.07) is 21.7. The molecule has 1 saturated heterocycles. The van der Waals surface area contributed by atoms with Crippen LogP contribution in [0.2, 0.25) is 5.02 Å². The molecule has 0 N–H and O–H groups in total. The van der Waals surface area contributed by atoms with Crippen LogP contribution in [-0.4, -0.2) is 46.7 Å². The number of nitrogens with zero attached hydrogens (tertiary/aromatic N) is 4. The number of hydrogen-bond donors (Lipinski definition) is 0. The van der Waals surface area contributed by atoms with Gasteiger partial charge in [0.1, 0.15) is 11.5 Å². The molecule has 0 saturated carbocycles. The van der Waals surface area contributed by atoms with Gasteiger partial charge in [0, 0.05) is 52.6 Å². The third-order valence-corrected chi connectivity index (χ3v) is 6.30. The number of carbonyl (C=O) groups is 1. The summed E-state index contributed by atoms with van der Waals surface area (Å²) in [5.41, 5.74) is 1.53. The van der Waals surface area contributed by atoms with E-state index in [-0.39, 0.29) is 11.9 Å². The highest BCUT2D eigenvalue weighted by Gasteiger charge is 2.29. The summed E-state index contributed by atoms with van der Waals surface area (Å²) in [5.74, 6) is 0.339. The maximum absolute atomic E-state index is 14.6. The molecular formula is C26H22ClFN4O. The van der Waals surface area contributed by atoms with E-state index < -0.39 is 5.82 Å². The van der Waals surface area contributed by atoms with E-state index in [9.17, 15) is 9.18 Å². The molecule has 0 aliphatic carbocycles. The van der Waals surface area contributed by atoms with Gasteiger partial charge < -0.3 is 9.80 Å². The van der Waals surface area contributed by atoms with Crippen LogP contribution in [0.25, 0.3) is 22.0 Å². The van der Waals surface area contributed by atoms with Gasteiger partial charge in [-0.3, -0.25) is 4.79 Å². The summed E-state index contributed by atoms with van der Waals surface area (Å²) in [7, 11) is 0. The second-order valence-electron chi connectivity index (χ2n) is 8.20. The van der Waals surface area contributed by atoms with Crippen LogP contribution in [0, 0.1) is 5.82 Å². The fourth-order valence-corrected chi connectivity index (χ4v) is 4.56. The molecule has 1 aliphatic heterocycles. The summed E-state index contributed by atoms with van der Waals surface area (Å²) in [6.45, 7) is 3.87. The van der Waals surface area contributed by atoms with E-state index in [1.54, 1.807) is 12.1 Å². The Morgan fingerprint density at radius 1 is 0.970 bits per heavy atom. The van der Waals surface area contributed by atoms with Crippen molar-refractivity contribution in [3.8, 4) is 11.3 Å². The average molecular weight is 461 g/mol. The highest BCUT2D eigenvalue weighted by molar-refractivity contribution is 6.30. The number of fused-ring (bicyclic) bond motifs is 1. The van der Waals surface area contributed by atoms with Gasteiger partial charge in [-0.05, 0) is 37.3 Å². The summed E-state index contributed by atoms with van der Waals surface area (Å²) in [4.78, 5) is 16.9. The smallest absolute Gasteiger partial charge is 0.253 e. The molecule has 0 spiro atoms. The number of piperazine rings is 1. The monoisotopic (exact) mass is 460 g/mol. The van der Waals surface area contributed by atoms with Crippen LogP contribution >= 0.6 is 11.6 Å². The molecule has 0 radical (unpaired) electrons. The van der Waals surface area contributed by atoms with E-state index in [1.165, 1.54) is 6.07 Å². The second kappa shape index (κ2) is 8.79. The van der Waals surface area contributed by atoms with Crippen molar-refractivity contribution in [2.45, 2.75) is 13.0 Å². The minimum absolute atomic E-state index is 0.0339. The van der Waals surface area contributed by atoms with Gasteiger partial charge in [0.05, 0.1) is 0 Å². The molecule has 1 fully saturated rings. The summed E-state index contributed by atoms with van der Waals surface area (Å²) in [5, 5.41) is 11.0. The molecule has 7 heteroatoms. The van der Waals surface area contributed by atoms with Crippen LogP contribution in [0.3, 0.4) is 0 Å². The van der Waals surface area contributed by atoms with Crippen LogP contribution in [0.15, 0.2) is 72.8 Å². The number of halogens is 2. The van der Waals surface area contributed by atoms with E-state index in [1.807, 2.05) is 59.5 Å². The van der Waals surface area contributed by atoms with Gasteiger partial charge in [-0.15, -0.1) is 10.2 Å². The van der Waals surface area contributed by atoms with Gasteiger partial charge in [0.15, 0.2) is 5.82 Å². The average Bonchev–Trinajstić information content (AvgIpc) is 2.84. The van der Waals surface area contributed by atoms with Gasteiger partial charge in [-0.25, -0.2) is 4.39 Å². The Morgan fingerprint density at radius 2 is 1.70 bits per heavy atom. The molecule has 2 heterocycles. The highest BCUT2D eigenvalue weighted by Crippen LogP contribution is 2.34. The van der Waals surface area contributed by atoms with Crippen molar-refractivity contribution < 1.29 is 9.18 Å². The van der Waals surface area contributed by atoms with E-state index in [0.29, 0.717) is 41.5 Å². The van der Waals surface area contributed by atoms with Crippen molar-refractivity contribution in [3.63, 3.8) is 0 Å². The van der Waals surface area contributed by atoms with Crippen LogP contribution in [0.4, 0.5) is 10.2 Å². The summed E-state index contributed by atoms with van der Waals surface area (Å²) < 4.78 is 14.6. The molecule has 166 valence electrons. The van der Waals surface area contributed by atoms with Crippen molar-refractivity contribution in [2.24, 2.45) is 0 Å². The van der Waals surface area contributed by atoms with Crippen molar-refractivity contribution in [1.29, 1.82) is 0 Å². The Bertz CT molecular complexity index is 1330. The molecule has 3 aromatic carbocycles. The Balaban J connectivity index is 1.47. The minimum atomic E-state index is -0.434. The molecule has 1 amide bonds. The number of benzene rings is 3. The third-order valence-electron chi connectivity index (χ3n) is 6.06. The molecule has 1 atom stereocenters. The zero-order valence-corrected chi connectivity index (χ0v) is 18.8. The van der Waals surface area contributed by atoms with Gasteiger partial charge in [-0.1, -0.05) is 54.1 Å². The highest BCUT2D eigenvalue weighted by atomic mass is 35.5. The van der Waals surface area contributed by atoms with Crippen LogP contribution in [-0.2, 0) is 0 Å². The predicted octanol–water partition coefficient (Wildman–Crippen LogP) is 5.44. The first-order chi connectivity index (χ1) is 16.0. The largest absolute Gasteiger partial charge is 0.348 e. The zero-order valence-electron chi connectivity index (χ0n) is 18.1. The molecule has 0 bridgehead atoms. The molecule has 0 unspecified atom stereocenters. The zero-order chi connectivity index (χ0) is 22.9. The quantitative estimate of drug-likeness (QED) is 0.408. The fraction of sp³-hybridized carbons (Fsp3) is 0.192. The number of amides is 1. The lowest BCUT2D eigenvalue weighted by Crippen LogP contribution is -2.54. The van der Waals surface area contributed by atoms with E-state index in [4.69, 9.17) is 11.6 Å². The molecule has 1 aliphatic rings. The van der Waals surface area contributed by atoms with Crippen molar-refractivity contribution in [3.05, 3.63) is 89.2 Å². The molecule has 1 aromatic heterocycles. The van der Waals surface area contributed by atoms with Crippen molar-refractivity contribution in [2.75, 3.05) is 24.5 Å².